The highest BCUT2D eigenvalue weighted by molar-refractivity contribution is 7.89. The molecule has 1 saturated heterocycles. The van der Waals surface area contributed by atoms with E-state index in [2.05, 4.69) is 5.32 Å². The zero-order valence-electron chi connectivity index (χ0n) is 15.7. The lowest BCUT2D eigenvalue weighted by Gasteiger charge is -2.40. The third-order valence-corrected chi connectivity index (χ3v) is 6.68. The highest BCUT2D eigenvalue weighted by atomic mass is 35.5. The van der Waals surface area contributed by atoms with Crippen LogP contribution in [0.5, 0.6) is 0 Å². The van der Waals surface area contributed by atoms with E-state index in [0.29, 0.717) is 32.5 Å². The van der Waals surface area contributed by atoms with Gasteiger partial charge in [0.2, 0.25) is 15.9 Å². The summed E-state index contributed by atoms with van der Waals surface area (Å²) in [5.74, 6) is 0.00425. The fourth-order valence-corrected chi connectivity index (χ4v) is 4.31. The monoisotopic (exact) mass is 403 g/mol. The van der Waals surface area contributed by atoms with Gasteiger partial charge in [-0.15, -0.1) is 12.4 Å². The zero-order valence-corrected chi connectivity index (χ0v) is 17.3. The molecule has 1 aliphatic heterocycles. The lowest BCUT2D eigenvalue weighted by Crippen LogP contribution is -2.55. The molecule has 2 rings (SSSR count). The molecule has 1 amide bonds. The molecule has 0 radical (unpaired) electrons. The topological polar surface area (TPSA) is 92.5 Å². The number of hydrogen-bond donors (Lipinski definition) is 2. The Morgan fingerprint density at radius 3 is 2.23 bits per heavy atom. The van der Waals surface area contributed by atoms with Gasteiger partial charge in [0.25, 0.3) is 0 Å². The summed E-state index contributed by atoms with van der Waals surface area (Å²) in [5.41, 5.74) is 5.70. The Balaban J connectivity index is 0.00000338. The minimum absolute atomic E-state index is 0. The lowest BCUT2D eigenvalue weighted by molar-refractivity contribution is -0.128. The SMILES string of the molecule is CCS(=O)(=O)N1CCC(C(=O)NCC(C)(C)N)(c2ccccc2)CC1.Cl. The summed E-state index contributed by atoms with van der Waals surface area (Å²) in [4.78, 5) is 13.1. The molecule has 1 fully saturated rings. The number of nitrogens with one attached hydrogen (secondary N) is 1. The van der Waals surface area contributed by atoms with Crippen molar-refractivity contribution < 1.29 is 13.2 Å². The fourth-order valence-electron chi connectivity index (χ4n) is 3.21. The quantitative estimate of drug-likeness (QED) is 0.755. The number of hydrogen-bond acceptors (Lipinski definition) is 4. The first kappa shape index (κ1) is 22.9. The number of piperidine rings is 1. The van der Waals surface area contributed by atoms with Gasteiger partial charge in [-0.2, -0.15) is 0 Å². The fraction of sp³-hybridized carbons (Fsp3) is 0.611. The Kier molecular flexibility index (Phi) is 7.65. The van der Waals surface area contributed by atoms with Crippen molar-refractivity contribution in [2.75, 3.05) is 25.4 Å². The van der Waals surface area contributed by atoms with Crippen LogP contribution >= 0.6 is 12.4 Å². The van der Waals surface area contributed by atoms with Crippen LogP contribution in [0.4, 0.5) is 0 Å². The van der Waals surface area contributed by atoms with Crippen LogP contribution in [0.25, 0.3) is 0 Å². The molecule has 0 aliphatic carbocycles. The van der Waals surface area contributed by atoms with Gasteiger partial charge in [-0.25, -0.2) is 12.7 Å². The summed E-state index contributed by atoms with van der Waals surface area (Å²) >= 11 is 0. The molecule has 1 heterocycles. The summed E-state index contributed by atoms with van der Waals surface area (Å²) in [6.45, 7) is 6.44. The molecule has 3 N–H and O–H groups in total. The van der Waals surface area contributed by atoms with Crippen molar-refractivity contribution in [2.45, 2.75) is 44.6 Å². The van der Waals surface area contributed by atoms with Crippen LogP contribution in [0, 0.1) is 0 Å². The highest BCUT2D eigenvalue weighted by Crippen LogP contribution is 2.36. The van der Waals surface area contributed by atoms with Crippen molar-refractivity contribution >= 4 is 28.3 Å². The molecule has 0 unspecified atom stereocenters. The van der Waals surface area contributed by atoms with E-state index in [1.165, 1.54) is 4.31 Å². The predicted molar refractivity (Wildman–Crippen MR) is 107 cm³/mol. The second-order valence-corrected chi connectivity index (χ2v) is 9.68. The first-order valence-corrected chi connectivity index (χ1v) is 10.3. The van der Waals surface area contributed by atoms with Gasteiger partial charge in [0.05, 0.1) is 11.2 Å². The second-order valence-electron chi connectivity index (χ2n) is 7.42. The Labute approximate surface area is 163 Å². The molecule has 0 saturated carbocycles. The average molecular weight is 404 g/mol. The van der Waals surface area contributed by atoms with Gasteiger partial charge in [-0.05, 0) is 39.2 Å². The maximum atomic E-state index is 13.1. The molecule has 0 atom stereocenters. The molecular formula is C18H30ClN3O3S. The van der Waals surface area contributed by atoms with E-state index in [1.807, 2.05) is 44.2 Å². The van der Waals surface area contributed by atoms with Gasteiger partial charge in [0.1, 0.15) is 0 Å². The second kappa shape index (κ2) is 8.69. The number of benzene rings is 1. The molecule has 26 heavy (non-hydrogen) atoms. The summed E-state index contributed by atoms with van der Waals surface area (Å²) in [7, 11) is -3.23. The van der Waals surface area contributed by atoms with Crippen LogP contribution in [-0.2, 0) is 20.2 Å². The summed E-state index contributed by atoms with van der Waals surface area (Å²) in [5, 5.41) is 2.97. The molecule has 1 aromatic carbocycles. The number of carbonyl (C=O) groups is 1. The van der Waals surface area contributed by atoms with Gasteiger partial charge in [0.15, 0.2) is 0 Å². The van der Waals surface area contributed by atoms with Gasteiger partial charge in [-0.3, -0.25) is 4.79 Å². The summed E-state index contributed by atoms with van der Waals surface area (Å²) < 4.78 is 25.8. The minimum atomic E-state index is -3.23. The van der Waals surface area contributed by atoms with Crippen LogP contribution in [0.1, 0.15) is 39.2 Å². The van der Waals surface area contributed by atoms with Gasteiger partial charge >= 0.3 is 0 Å². The highest BCUT2D eigenvalue weighted by Gasteiger charge is 2.44. The largest absolute Gasteiger partial charge is 0.354 e. The molecule has 1 aliphatic rings. The van der Waals surface area contributed by atoms with E-state index in [0.717, 1.165) is 5.56 Å². The molecule has 0 aromatic heterocycles. The predicted octanol–water partition coefficient (Wildman–Crippen LogP) is 1.65. The molecule has 1 aromatic rings. The van der Waals surface area contributed by atoms with E-state index >= 15 is 0 Å². The molecule has 0 spiro atoms. The van der Waals surface area contributed by atoms with Gasteiger partial charge in [-0.1, -0.05) is 30.3 Å². The molecular weight excluding hydrogens is 374 g/mol. The molecule has 6 nitrogen and oxygen atoms in total. The Morgan fingerprint density at radius 1 is 1.23 bits per heavy atom. The number of rotatable bonds is 6. The maximum absolute atomic E-state index is 13.1. The number of nitrogens with two attached hydrogens (primary N) is 1. The van der Waals surface area contributed by atoms with E-state index in [9.17, 15) is 13.2 Å². The van der Waals surface area contributed by atoms with Crippen molar-refractivity contribution in [1.82, 2.24) is 9.62 Å². The number of nitrogens with zero attached hydrogens (tertiary/aromatic N) is 1. The van der Waals surface area contributed by atoms with Crippen LogP contribution in [0.2, 0.25) is 0 Å². The third-order valence-electron chi connectivity index (χ3n) is 4.80. The molecule has 148 valence electrons. The van der Waals surface area contributed by atoms with Crippen molar-refractivity contribution in [3.05, 3.63) is 35.9 Å². The third kappa shape index (κ3) is 5.19. The van der Waals surface area contributed by atoms with Crippen molar-refractivity contribution in [3.8, 4) is 0 Å². The first-order chi connectivity index (χ1) is 11.6. The number of carbonyl (C=O) groups excluding carboxylic acids is 1. The number of amides is 1. The Morgan fingerprint density at radius 2 is 1.77 bits per heavy atom. The number of sulfonamides is 1. The van der Waals surface area contributed by atoms with Crippen LogP contribution in [0.15, 0.2) is 30.3 Å². The van der Waals surface area contributed by atoms with E-state index in [4.69, 9.17) is 5.73 Å². The van der Waals surface area contributed by atoms with E-state index in [-0.39, 0.29) is 24.1 Å². The summed E-state index contributed by atoms with van der Waals surface area (Å²) in [6.07, 6.45) is 0.931. The van der Waals surface area contributed by atoms with Crippen molar-refractivity contribution in [2.24, 2.45) is 5.73 Å². The van der Waals surface area contributed by atoms with Crippen molar-refractivity contribution in [3.63, 3.8) is 0 Å². The Bertz CT molecular complexity index is 694. The first-order valence-electron chi connectivity index (χ1n) is 8.71. The maximum Gasteiger partial charge on any atom is 0.230 e. The van der Waals surface area contributed by atoms with Gasteiger partial charge < -0.3 is 11.1 Å². The van der Waals surface area contributed by atoms with Crippen LogP contribution in [-0.4, -0.2) is 49.6 Å². The molecule has 8 heteroatoms. The zero-order chi connectivity index (χ0) is 18.7. The normalized spacial score (nSPS) is 18.0. The number of halogens is 1. The average Bonchev–Trinajstić information content (AvgIpc) is 2.59. The lowest BCUT2D eigenvalue weighted by atomic mass is 9.72. The standard InChI is InChI=1S/C18H29N3O3S.ClH/c1-4-25(23,24)21-12-10-18(11-13-21,15-8-6-5-7-9-15)16(22)20-14-17(2,3)19;/h5-9H,4,10-14,19H2,1-3H3,(H,20,22);1H. The molecule has 0 bridgehead atoms. The minimum Gasteiger partial charge on any atom is -0.354 e. The van der Waals surface area contributed by atoms with E-state index in [1.54, 1.807) is 6.92 Å². The summed E-state index contributed by atoms with van der Waals surface area (Å²) in [6, 6.07) is 9.61. The van der Waals surface area contributed by atoms with Gasteiger partial charge in [0, 0.05) is 25.2 Å². The van der Waals surface area contributed by atoms with E-state index < -0.39 is 21.0 Å². The van der Waals surface area contributed by atoms with Crippen molar-refractivity contribution in [1.29, 1.82) is 0 Å². The van der Waals surface area contributed by atoms with Crippen LogP contribution in [0.3, 0.4) is 0 Å². The smallest absolute Gasteiger partial charge is 0.230 e. The van der Waals surface area contributed by atoms with Crippen LogP contribution < -0.4 is 11.1 Å². The Hall–Kier alpha value is -1.15.